The number of nitrogens with zero attached hydrogens (tertiary/aromatic N) is 5. The van der Waals surface area contributed by atoms with E-state index in [0.29, 0.717) is 28.6 Å². The van der Waals surface area contributed by atoms with Crippen molar-refractivity contribution in [3.63, 3.8) is 0 Å². The molecule has 1 aromatic carbocycles. The highest BCUT2D eigenvalue weighted by Crippen LogP contribution is 2.35. The normalized spacial score (nSPS) is 17.7. The number of hydrogen-bond donors (Lipinski definition) is 1. The molecule has 1 aliphatic rings. The molecule has 33 heavy (non-hydrogen) atoms. The summed E-state index contributed by atoms with van der Waals surface area (Å²) in [6, 6.07) is 4.84. The van der Waals surface area contributed by atoms with E-state index >= 15 is 0 Å². The molecule has 3 heterocycles. The molecule has 2 atom stereocenters. The molecule has 1 saturated heterocycles. The molecular weight excluding hydrogens is 436 g/mol. The standard InChI is InChI=1S/C23H26F4N6/c1-13(16-6-5-7-18(21(16)24)23(25,26)27)29-22-17-10-20(28-11-19(17)30-14(2)31-22)33-9-8-15(12-33)32(3)4/h5-7,10-11,13,15H,8-9,12H2,1-4H3,(H,29,30,31)/t13-,15-/m1/s1. The van der Waals surface area contributed by atoms with Crippen molar-refractivity contribution in [3.8, 4) is 0 Å². The Hall–Kier alpha value is -3.01. The van der Waals surface area contributed by atoms with Crippen LogP contribution in [-0.2, 0) is 6.18 Å². The maximum absolute atomic E-state index is 14.7. The van der Waals surface area contributed by atoms with Crippen molar-refractivity contribution in [2.75, 3.05) is 37.4 Å². The zero-order chi connectivity index (χ0) is 23.9. The summed E-state index contributed by atoms with van der Waals surface area (Å²) < 4.78 is 54.1. The van der Waals surface area contributed by atoms with Gasteiger partial charge in [0.25, 0.3) is 0 Å². The van der Waals surface area contributed by atoms with Gasteiger partial charge in [0.1, 0.15) is 23.3 Å². The van der Waals surface area contributed by atoms with Crippen LogP contribution in [0.3, 0.4) is 0 Å². The smallest absolute Gasteiger partial charge is 0.363 e. The van der Waals surface area contributed by atoms with Crippen LogP contribution in [0.2, 0.25) is 0 Å². The van der Waals surface area contributed by atoms with E-state index in [4.69, 9.17) is 0 Å². The first-order valence-corrected chi connectivity index (χ1v) is 10.7. The fourth-order valence-corrected chi connectivity index (χ4v) is 4.18. The molecule has 1 fully saturated rings. The fraction of sp³-hybridized carbons (Fsp3) is 0.435. The lowest BCUT2D eigenvalue weighted by molar-refractivity contribution is -0.140. The molecular formula is C23H26F4N6. The molecule has 0 amide bonds. The van der Waals surface area contributed by atoms with Gasteiger partial charge < -0.3 is 15.1 Å². The summed E-state index contributed by atoms with van der Waals surface area (Å²) in [7, 11) is 4.10. The van der Waals surface area contributed by atoms with Crippen molar-refractivity contribution in [1.29, 1.82) is 0 Å². The van der Waals surface area contributed by atoms with Crippen LogP contribution in [0.15, 0.2) is 30.5 Å². The highest BCUT2D eigenvalue weighted by atomic mass is 19.4. The van der Waals surface area contributed by atoms with E-state index in [9.17, 15) is 17.6 Å². The van der Waals surface area contributed by atoms with Crippen LogP contribution in [0, 0.1) is 12.7 Å². The number of halogens is 4. The maximum Gasteiger partial charge on any atom is 0.419 e. The molecule has 4 rings (SSSR count). The number of hydrogen-bond acceptors (Lipinski definition) is 6. The summed E-state index contributed by atoms with van der Waals surface area (Å²) in [5, 5.41) is 3.77. The summed E-state index contributed by atoms with van der Waals surface area (Å²) in [5.74, 6) is 0.397. The molecule has 176 valence electrons. The first-order valence-electron chi connectivity index (χ1n) is 10.7. The number of alkyl halides is 3. The molecule has 3 aromatic rings. The van der Waals surface area contributed by atoms with Gasteiger partial charge in [-0.05, 0) is 46.5 Å². The molecule has 1 N–H and O–H groups in total. The molecule has 10 heteroatoms. The van der Waals surface area contributed by atoms with Crippen molar-refractivity contribution < 1.29 is 17.6 Å². The lowest BCUT2D eigenvalue weighted by atomic mass is 10.0. The van der Waals surface area contributed by atoms with Crippen molar-refractivity contribution in [3.05, 3.63) is 53.2 Å². The summed E-state index contributed by atoms with van der Waals surface area (Å²) in [4.78, 5) is 17.8. The van der Waals surface area contributed by atoms with Gasteiger partial charge in [0.05, 0.1) is 23.3 Å². The van der Waals surface area contributed by atoms with Crippen LogP contribution in [0.5, 0.6) is 0 Å². The first-order chi connectivity index (χ1) is 15.5. The SMILES string of the molecule is Cc1nc(N[C@H](C)c2cccc(C(F)(F)F)c2F)c2cc(N3CC[C@@H](N(C)C)C3)ncc2n1. The molecule has 0 aliphatic carbocycles. The number of pyridine rings is 1. The van der Waals surface area contributed by atoms with Crippen LogP contribution in [0.1, 0.15) is 36.3 Å². The van der Waals surface area contributed by atoms with Gasteiger partial charge in [-0.25, -0.2) is 19.3 Å². The highest BCUT2D eigenvalue weighted by molar-refractivity contribution is 5.90. The second-order valence-corrected chi connectivity index (χ2v) is 8.60. The maximum atomic E-state index is 14.7. The Morgan fingerprint density at radius 1 is 1.21 bits per heavy atom. The Balaban J connectivity index is 1.68. The number of aryl methyl sites for hydroxylation is 1. The monoisotopic (exact) mass is 462 g/mol. The van der Waals surface area contributed by atoms with Gasteiger partial charge in [0.15, 0.2) is 0 Å². The Bertz CT molecular complexity index is 1160. The number of anilines is 2. The third kappa shape index (κ3) is 4.71. The Morgan fingerprint density at radius 2 is 1.97 bits per heavy atom. The number of aromatic nitrogens is 3. The molecule has 0 radical (unpaired) electrons. The van der Waals surface area contributed by atoms with E-state index in [1.807, 2.05) is 6.07 Å². The van der Waals surface area contributed by atoms with Crippen molar-refractivity contribution in [2.45, 2.75) is 38.5 Å². The largest absolute Gasteiger partial charge is 0.419 e. The van der Waals surface area contributed by atoms with E-state index in [1.54, 1.807) is 20.0 Å². The van der Waals surface area contributed by atoms with E-state index in [1.165, 1.54) is 12.1 Å². The average molecular weight is 462 g/mol. The molecule has 0 unspecified atom stereocenters. The summed E-state index contributed by atoms with van der Waals surface area (Å²) >= 11 is 0. The number of likely N-dealkylation sites (N-methyl/N-ethyl adjacent to an activating group) is 1. The van der Waals surface area contributed by atoms with Gasteiger partial charge in [-0.2, -0.15) is 13.2 Å². The third-order valence-electron chi connectivity index (χ3n) is 6.05. The minimum atomic E-state index is -4.77. The van der Waals surface area contributed by atoms with E-state index in [-0.39, 0.29) is 5.56 Å². The summed E-state index contributed by atoms with van der Waals surface area (Å²) in [5.41, 5.74) is -0.765. The van der Waals surface area contributed by atoms with Crippen molar-refractivity contribution in [2.24, 2.45) is 0 Å². The Labute approximate surface area is 189 Å². The van der Waals surface area contributed by atoms with Crippen LogP contribution in [0.4, 0.5) is 29.2 Å². The summed E-state index contributed by atoms with van der Waals surface area (Å²) in [6.45, 7) is 5.03. The molecule has 0 bridgehead atoms. The van der Waals surface area contributed by atoms with Gasteiger partial charge in [0.2, 0.25) is 0 Å². The zero-order valence-corrected chi connectivity index (χ0v) is 18.9. The molecule has 0 saturated carbocycles. The minimum absolute atomic E-state index is 0.0862. The average Bonchev–Trinajstić information content (AvgIpc) is 3.23. The topological polar surface area (TPSA) is 57.2 Å². The summed E-state index contributed by atoms with van der Waals surface area (Å²) in [6.07, 6.45) is -2.07. The second kappa shape index (κ2) is 8.74. The fourth-order valence-electron chi connectivity index (χ4n) is 4.18. The first kappa shape index (κ1) is 23.2. The zero-order valence-electron chi connectivity index (χ0n) is 18.9. The van der Waals surface area contributed by atoms with Gasteiger partial charge in [-0.3, -0.25) is 0 Å². The number of rotatable bonds is 5. The lowest BCUT2D eigenvalue weighted by Gasteiger charge is -2.22. The molecule has 1 aliphatic heterocycles. The Kier molecular flexibility index (Phi) is 6.13. The predicted molar refractivity (Wildman–Crippen MR) is 120 cm³/mol. The van der Waals surface area contributed by atoms with E-state index < -0.39 is 23.6 Å². The van der Waals surface area contributed by atoms with Crippen molar-refractivity contribution >= 4 is 22.5 Å². The number of nitrogens with one attached hydrogen (secondary N) is 1. The molecule has 6 nitrogen and oxygen atoms in total. The van der Waals surface area contributed by atoms with Gasteiger partial charge >= 0.3 is 6.18 Å². The molecule has 0 spiro atoms. The van der Waals surface area contributed by atoms with E-state index in [2.05, 4.69) is 44.2 Å². The number of benzene rings is 1. The third-order valence-corrected chi connectivity index (χ3v) is 6.05. The minimum Gasteiger partial charge on any atom is -0.363 e. The van der Waals surface area contributed by atoms with Crippen LogP contribution in [0.25, 0.3) is 10.9 Å². The van der Waals surface area contributed by atoms with E-state index in [0.717, 1.165) is 31.4 Å². The second-order valence-electron chi connectivity index (χ2n) is 8.60. The highest BCUT2D eigenvalue weighted by Gasteiger charge is 2.35. The number of fused-ring (bicyclic) bond motifs is 1. The van der Waals surface area contributed by atoms with Crippen LogP contribution < -0.4 is 10.2 Å². The van der Waals surface area contributed by atoms with Gasteiger partial charge in [0, 0.05) is 30.1 Å². The molecule has 2 aromatic heterocycles. The Morgan fingerprint density at radius 3 is 2.64 bits per heavy atom. The van der Waals surface area contributed by atoms with Crippen LogP contribution in [-0.4, -0.2) is 53.1 Å². The van der Waals surface area contributed by atoms with Gasteiger partial charge in [-0.1, -0.05) is 12.1 Å². The van der Waals surface area contributed by atoms with Gasteiger partial charge in [-0.15, -0.1) is 0 Å². The quantitative estimate of drug-likeness (QED) is 0.550. The van der Waals surface area contributed by atoms with Crippen molar-refractivity contribution in [1.82, 2.24) is 19.9 Å². The lowest BCUT2D eigenvalue weighted by Crippen LogP contribution is -2.31. The van der Waals surface area contributed by atoms with Crippen LogP contribution >= 0.6 is 0 Å². The predicted octanol–water partition coefficient (Wildman–Crippen LogP) is 4.80.